The van der Waals surface area contributed by atoms with Crippen molar-refractivity contribution < 1.29 is 14.5 Å². The van der Waals surface area contributed by atoms with E-state index in [2.05, 4.69) is 0 Å². The summed E-state index contributed by atoms with van der Waals surface area (Å²) in [5, 5.41) is 10.3. The fourth-order valence-corrected chi connectivity index (χ4v) is 2.56. The second kappa shape index (κ2) is 6.31. The summed E-state index contributed by atoms with van der Waals surface area (Å²) >= 11 is 0. The molecule has 2 rings (SSSR count). The minimum Gasteiger partial charge on any atom is -0.494 e. The van der Waals surface area contributed by atoms with Crippen LogP contribution in [0.3, 0.4) is 0 Å². The van der Waals surface area contributed by atoms with Crippen molar-refractivity contribution in [1.29, 1.82) is 0 Å². The number of nitrogens with zero attached hydrogens (tertiary/aromatic N) is 4. The molecule has 0 aliphatic heterocycles. The molecule has 0 fully saturated rings. The summed E-state index contributed by atoms with van der Waals surface area (Å²) in [6, 6.07) is 2.56. The highest BCUT2D eigenvalue weighted by Gasteiger charge is 2.34. The number of aromatic nitrogens is 3. The van der Waals surface area contributed by atoms with Crippen molar-refractivity contribution in [3.63, 3.8) is 0 Å². The van der Waals surface area contributed by atoms with Gasteiger partial charge in [-0.15, -0.1) is 0 Å². The van der Waals surface area contributed by atoms with Crippen molar-refractivity contribution in [2.45, 2.75) is 13.0 Å². The smallest absolute Gasteiger partial charge is 0.333 e. The van der Waals surface area contributed by atoms with Crippen LogP contribution >= 0.6 is 0 Å². The zero-order valence-electron chi connectivity index (χ0n) is 14.3. The Kier molecular flexibility index (Phi) is 4.59. The maximum Gasteiger partial charge on any atom is 0.333 e. The third kappa shape index (κ3) is 2.82. The van der Waals surface area contributed by atoms with Crippen LogP contribution in [-0.2, 0) is 18.9 Å². The second-order valence-electron chi connectivity index (χ2n) is 5.85. The van der Waals surface area contributed by atoms with Crippen LogP contribution in [-0.4, -0.2) is 34.1 Å². The Morgan fingerprint density at radius 2 is 1.71 bits per heavy atom. The normalized spacial score (nSPS) is 12.0. The number of Topliss-reactive ketones (excluding diaryl/α,β-unsaturated/α-hetero) is 1. The van der Waals surface area contributed by atoms with Gasteiger partial charge in [0.15, 0.2) is 18.0 Å². The fraction of sp³-hybridized carbons (Fsp3) is 0.375. The van der Waals surface area contributed by atoms with Crippen LogP contribution in [0.1, 0.15) is 18.5 Å². The van der Waals surface area contributed by atoms with Crippen LogP contribution in [0.2, 0.25) is 0 Å². The van der Waals surface area contributed by atoms with Gasteiger partial charge < -0.3 is 10.0 Å². The Labute approximate surface area is 138 Å². The molecule has 0 aliphatic carbocycles. The predicted octanol–water partition coefficient (Wildman–Crippen LogP) is -0.678. The molecule has 0 bridgehead atoms. The lowest BCUT2D eigenvalue weighted by atomic mass is 10.1. The highest BCUT2D eigenvalue weighted by atomic mass is 16.3. The average Bonchev–Trinajstić information content (AvgIpc) is 2.55. The molecule has 1 unspecified atom stereocenters. The minimum atomic E-state index is -1.02. The van der Waals surface area contributed by atoms with Crippen molar-refractivity contribution in [3.05, 3.63) is 50.9 Å². The summed E-state index contributed by atoms with van der Waals surface area (Å²) in [5.41, 5.74) is -0.558. The molecule has 2 aromatic heterocycles. The summed E-state index contributed by atoms with van der Waals surface area (Å²) in [5.74, 6) is -0.837. The molecule has 2 heterocycles. The van der Waals surface area contributed by atoms with Gasteiger partial charge in [0.2, 0.25) is 11.7 Å². The first-order valence-corrected chi connectivity index (χ1v) is 7.34. The molecular weight excluding hydrogens is 312 g/mol. The van der Waals surface area contributed by atoms with Gasteiger partial charge in [-0.1, -0.05) is 0 Å². The highest BCUT2D eigenvalue weighted by Crippen LogP contribution is 2.19. The first-order valence-electron chi connectivity index (χ1n) is 7.34. The molecule has 1 N–H and O–H groups in total. The van der Waals surface area contributed by atoms with Crippen molar-refractivity contribution in [2.75, 3.05) is 19.0 Å². The van der Waals surface area contributed by atoms with E-state index in [1.54, 1.807) is 24.5 Å². The summed E-state index contributed by atoms with van der Waals surface area (Å²) in [6.07, 6.45) is 3.32. The molecule has 128 valence electrons. The zero-order valence-corrected chi connectivity index (χ0v) is 14.3. The van der Waals surface area contributed by atoms with E-state index >= 15 is 0 Å². The van der Waals surface area contributed by atoms with Crippen LogP contribution in [0.5, 0.6) is 5.88 Å². The lowest BCUT2D eigenvalue weighted by Crippen LogP contribution is -2.49. The molecule has 24 heavy (non-hydrogen) atoms. The van der Waals surface area contributed by atoms with E-state index < -0.39 is 23.2 Å². The van der Waals surface area contributed by atoms with Gasteiger partial charge in [-0.2, -0.15) is 4.57 Å². The topological polar surface area (TPSA) is 88.4 Å². The monoisotopic (exact) mass is 333 g/mol. The largest absolute Gasteiger partial charge is 0.494 e. The molecule has 0 radical (unpaired) electrons. The van der Waals surface area contributed by atoms with E-state index in [1.165, 1.54) is 25.6 Å². The van der Waals surface area contributed by atoms with E-state index in [0.717, 1.165) is 14.8 Å². The van der Waals surface area contributed by atoms with Crippen molar-refractivity contribution in [1.82, 2.24) is 9.13 Å². The fourth-order valence-electron chi connectivity index (χ4n) is 2.56. The number of hydrogen-bond acceptors (Lipinski definition) is 5. The lowest BCUT2D eigenvalue weighted by molar-refractivity contribution is -0.700. The summed E-state index contributed by atoms with van der Waals surface area (Å²) in [7, 11) is 6.43. The number of aromatic hydroxyl groups is 1. The molecule has 0 spiro atoms. The van der Waals surface area contributed by atoms with Gasteiger partial charge >= 0.3 is 5.69 Å². The Balaban J connectivity index is 2.72. The van der Waals surface area contributed by atoms with Crippen molar-refractivity contribution >= 4 is 11.5 Å². The number of hydrogen-bond donors (Lipinski definition) is 1. The van der Waals surface area contributed by atoms with Gasteiger partial charge in [0.05, 0.1) is 0 Å². The quantitative estimate of drug-likeness (QED) is 0.749. The predicted molar refractivity (Wildman–Crippen MR) is 88.4 cm³/mol. The number of pyridine rings is 1. The molecule has 0 amide bonds. The Morgan fingerprint density at radius 3 is 2.17 bits per heavy atom. The molecule has 8 heteroatoms. The number of ketones is 1. The van der Waals surface area contributed by atoms with Gasteiger partial charge in [0, 0.05) is 52.9 Å². The third-order valence-corrected chi connectivity index (χ3v) is 3.98. The first-order chi connectivity index (χ1) is 11.2. The standard InChI is InChI=1S/C16H20N4O4/c1-10(21)13(20-8-6-11(7-9-20)17(2)3)12-14(22)18(4)16(24)19(5)15(12)23/h6-9,13H,1-5H3/p+1. The van der Waals surface area contributed by atoms with Gasteiger partial charge in [0.1, 0.15) is 0 Å². The minimum absolute atomic E-state index is 0.130. The number of carbonyl (C=O) groups is 1. The average molecular weight is 333 g/mol. The Morgan fingerprint density at radius 1 is 1.17 bits per heavy atom. The van der Waals surface area contributed by atoms with Gasteiger partial charge in [-0.25, -0.2) is 4.79 Å². The van der Waals surface area contributed by atoms with Gasteiger partial charge in [-0.3, -0.25) is 18.7 Å². The van der Waals surface area contributed by atoms with Crippen LogP contribution in [0, 0.1) is 0 Å². The van der Waals surface area contributed by atoms with Crippen LogP contribution in [0.4, 0.5) is 5.69 Å². The Bertz CT molecular complexity index is 894. The van der Waals surface area contributed by atoms with E-state index in [4.69, 9.17) is 0 Å². The van der Waals surface area contributed by atoms with E-state index in [9.17, 15) is 19.5 Å². The van der Waals surface area contributed by atoms with Gasteiger partial charge in [-0.05, 0) is 0 Å². The highest BCUT2D eigenvalue weighted by molar-refractivity contribution is 5.82. The molecular formula is C16H21N4O4+. The molecule has 2 aromatic rings. The van der Waals surface area contributed by atoms with Crippen LogP contribution in [0.15, 0.2) is 34.1 Å². The number of carbonyl (C=O) groups excluding carboxylic acids is 1. The molecule has 0 saturated heterocycles. The molecule has 0 aromatic carbocycles. The zero-order chi connectivity index (χ0) is 18.2. The molecule has 1 atom stereocenters. The maximum absolute atomic E-state index is 12.5. The van der Waals surface area contributed by atoms with E-state index in [-0.39, 0.29) is 11.3 Å². The molecule has 0 saturated carbocycles. The maximum atomic E-state index is 12.5. The SMILES string of the molecule is CC(=O)C(c1c(O)n(C)c(=O)n(C)c1=O)[n+]1ccc(N(C)C)cc1. The van der Waals surface area contributed by atoms with Crippen LogP contribution < -0.4 is 20.7 Å². The molecule has 8 nitrogen and oxygen atoms in total. The molecule has 0 aliphatic rings. The van der Waals surface area contributed by atoms with E-state index in [1.807, 2.05) is 19.0 Å². The third-order valence-electron chi connectivity index (χ3n) is 3.98. The first kappa shape index (κ1) is 17.5. The second-order valence-corrected chi connectivity index (χ2v) is 5.85. The van der Waals surface area contributed by atoms with Crippen molar-refractivity contribution in [2.24, 2.45) is 14.1 Å². The van der Waals surface area contributed by atoms with Gasteiger partial charge in [0.25, 0.3) is 11.6 Å². The van der Waals surface area contributed by atoms with E-state index in [0.29, 0.717) is 0 Å². The lowest BCUT2D eigenvalue weighted by Gasteiger charge is -2.15. The summed E-state index contributed by atoms with van der Waals surface area (Å²) in [6.45, 7) is 1.33. The number of anilines is 1. The summed E-state index contributed by atoms with van der Waals surface area (Å²) < 4.78 is 3.36. The number of rotatable bonds is 4. The Hall–Kier alpha value is -2.90. The summed E-state index contributed by atoms with van der Waals surface area (Å²) in [4.78, 5) is 38.4. The van der Waals surface area contributed by atoms with Crippen LogP contribution in [0.25, 0.3) is 0 Å². The van der Waals surface area contributed by atoms with Crippen molar-refractivity contribution in [3.8, 4) is 5.88 Å².